The average molecular weight is 381 g/mol. The van der Waals surface area contributed by atoms with E-state index in [-0.39, 0.29) is 11.2 Å². The molecule has 0 bridgehead atoms. The molecule has 0 spiro atoms. The van der Waals surface area contributed by atoms with Gasteiger partial charge < -0.3 is 9.30 Å². The summed E-state index contributed by atoms with van der Waals surface area (Å²) in [5.74, 6) is 1.45. The molecule has 28 heavy (non-hydrogen) atoms. The zero-order valence-corrected chi connectivity index (χ0v) is 16.5. The Balaban J connectivity index is 1.93. The summed E-state index contributed by atoms with van der Waals surface area (Å²) in [6.07, 6.45) is 2.61. The third-order valence-electron chi connectivity index (χ3n) is 5.09. The van der Waals surface area contributed by atoms with Gasteiger partial charge in [-0.3, -0.25) is 18.3 Å². The first-order valence-electron chi connectivity index (χ1n) is 9.27. The number of methoxy groups -OCH3 is 1. The lowest BCUT2D eigenvalue weighted by Gasteiger charge is -2.07. The number of benzene rings is 1. The lowest BCUT2D eigenvalue weighted by atomic mass is 10.2. The summed E-state index contributed by atoms with van der Waals surface area (Å²) in [6, 6.07) is 7.84. The van der Waals surface area contributed by atoms with E-state index in [1.54, 1.807) is 18.6 Å². The fourth-order valence-electron chi connectivity index (χ4n) is 3.58. The molecule has 4 rings (SSSR count). The molecular formula is C20H23N5O3. The minimum Gasteiger partial charge on any atom is -0.497 e. The molecule has 0 saturated heterocycles. The van der Waals surface area contributed by atoms with Crippen LogP contribution in [0.4, 0.5) is 0 Å². The van der Waals surface area contributed by atoms with E-state index >= 15 is 0 Å². The van der Waals surface area contributed by atoms with Crippen molar-refractivity contribution in [3.63, 3.8) is 0 Å². The molecule has 4 aromatic rings. The highest BCUT2D eigenvalue weighted by Gasteiger charge is 2.19. The lowest BCUT2D eigenvalue weighted by Crippen LogP contribution is -2.39. The second-order valence-electron chi connectivity index (χ2n) is 6.96. The Morgan fingerprint density at radius 3 is 2.46 bits per heavy atom. The van der Waals surface area contributed by atoms with E-state index in [9.17, 15) is 9.59 Å². The Kier molecular flexibility index (Phi) is 4.33. The van der Waals surface area contributed by atoms with E-state index in [1.807, 2.05) is 48.9 Å². The quantitative estimate of drug-likeness (QED) is 0.529. The van der Waals surface area contributed by atoms with Gasteiger partial charge in [0.2, 0.25) is 5.78 Å². The number of nitrogens with zero attached hydrogens (tertiary/aromatic N) is 5. The molecule has 1 aromatic carbocycles. The number of hydrogen-bond donors (Lipinski definition) is 0. The van der Waals surface area contributed by atoms with Crippen LogP contribution in [0.5, 0.6) is 5.75 Å². The monoisotopic (exact) mass is 381 g/mol. The number of rotatable bonds is 5. The van der Waals surface area contributed by atoms with Gasteiger partial charge in [-0.1, -0.05) is 19.1 Å². The van der Waals surface area contributed by atoms with Gasteiger partial charge in [0.25, 0.3) is 5.56 Å². The maximum Gasteiger partial charge on any atom is 0.332 e. The van der Waals surface area contributed by atoms with Crippen LogP contribution in [0, 0.1) is 6.92 Å². The number of hydrogen-bond acceptors (Lipinski definition) is 4. The lowest BCUT2D eigenvalue weighted by molar-refractivity contribution is 0.414. The van der Waals surface area contributed by atoms with E-state index in [1.165, 1.54) is 9.13 Å². The first-order chi connectivity index (χ1) is 13.5. The van der Waals surface area contributed by atoms with Crippen molar-refractivity contribution >= 4 is 16.9 Å². The van der Waals surface area contributed by atoms with Gasteiger partial charge in [0.1, 0.15) is 5.75 Å². The van der Waals surface area contributed by atoms with Gasteiger partial charge in [-0.15, -0.1) is 0 Å². The van der Waals surface area contributed by atoms with Crippen molar-refractivity contribution in [1.82, 2.24) is 23.1 Å². The van der Waals surface area contributed by atoms with Crippen LogP contribution in [0.3, 0.4) is 0 Å². The highest BCUT2D eigenvalue weighted by molar-refractivity contribution is 5.75. The second kappa shape index (κ2) is 6.70. The molecule has 3 heterocycles. The maximum absolute atomic E-state index is 13.0. The standard InChI is InChI=1S/C20H23N5O3/c1-5-10-23-18(26)16-17(22(3)20(23)27)21-19-24(13(2)11-25(16)19)12-14-6-8-15(28-4)9-7-14/h6-9,11H,5,10,12H2,1-4H3. The van der Waals surface area contributed by atoms with Crippen molar-refractivity contribution in [1.29, 1.82) is 0 Å². The molecule has 0 aliphatic carbocycles. The first kappa shape index (κ1) is 18.1. The highest BCUT2D eigenvalue weighted by atomic mass is 16.5. The molecule has 0 unspecified atom stereocenters. The fourth-order valence-corrected chi connectivity index (χ4v) is 3.58. The summed E-state index contributed by atoms with van der Waals surface area (Å²) in [5.41, 5.74) is 2.28. The summed E-state index contributed by atoms with van der Waals surface area (Å²) in [6.45, 7) is 4.92. The molecule has 0 aliphatic heterocycles. The number of aryl methyl sites for hydroxylation is 2. The Hall–Kier alpha value is -3.29. The molecule has 8 nitrogen and oxygen atoms in total. The number of aromatic nitrogens is 5. The Morgan fingerprint density at radius 1 is 1.11 bits per heavy atom. The SMILES string of the molecule is CCCn1c(=O)c2c(nc3n(Cc4ccc(OC)cc4)c(C)cn23)n(C)c1=O. The number of fused-ring (bicyclic) bond motifs is 3. The van der Waals surface area contributed by atoms with Crippen LogP contribution >= 0.6 is 0 Å². The van der Waals surface area contributed by atoms with Crippen molar-refractivity contribution in [2.45, 2.75) is 33.4 Å². The minimum absolute atomic E-state index is 0.297. The first-order valence-corrected chi connectivity index (χ1v) is 9.27. The minimum atomic E-state index is -0.335. The summed E-state index contributed by atoms with van der Waals surface area (Å²) in [7, 11) is 3.30. The van der Waals surface area contributed by atoms with Gasteiger partial charge in [0.15, 0.2) is 11.2 Å². The molecule has 0 aliphatic rings. The third kappa shape index (κ3) is 2.64. The van der Waals surface area contributed by atoms with Crippen molar-refractivity contribution in [3.8, 4) is 5.75 Å². The molecule has 0 radical (unpaired) electrons. The van der Waals surface area contributed by atoms with Gasteiger partial charge in [-0.2, -0.15) is 4.98 Å². The van der Waals surface area contributed by atoms with Crippen molar-refractivity contribution < 1.29 is 4.74 Å². The normalized spacial score (nSPS) is 11.6. The average Bonchev–Trinajstić information content (AvgIpc) is 3.20. The molecule has 0 amide bonds. The molecule has 3 aromatic heterocycles. The predicted octanol–water partition coefficient (Wildman–Crippen LogP) is 1.92. The topological polar surface area (TPSA) is 75.5 Å². The Morgan fingerprint density at radius 2 is 1.82 bits per heavy atom. The van der Waals surface area contributed by atoms with Crippen LogP contribution in [0.2, 0.25) is 0 Å². The van der Waals surface area contributed by atoms with Gasteiger partial charge in [0.05, 0.1) is 13.7 Å². The van der Waals surface area contributed by atoms with Gasteiger partial charge in [-0.25, -0.2) is 4.79 Å². The smallest absolute Gasteiger partial charge is 0.332 e. The van der Waals surface area contributed by atoms with E-state index in [2.05, 4.69) is 4.98 Å². The van der Waals surface area contributed by atoms with Crippen LogP contribution in [-0.2, 0) is 20.1 Å². The Bertz CT molecular complexity index is 1290. The largest absolute Gasteiger partial charge is 0.497 e. The summed E-state index contributed by atoms with van der Waals surface area (Å²) in [4.78, 5) is 30.2. The second-order valence-corrected chi connectivity index (χ2v) is 6.96. The zero-order chi connectivity index (χ0) is 20.0. The maximum atomic E-state index is 13.0. The van der Waals surface area contributed by atoms with Gasteiger partial charge >= 0.3 is 5.69 Å². The van der Waals surface area contributed by atoms with Crippen LogP contribution in [0.25, 0.3) is 16.9 Å². The number of imidazole rings is 2. The zero-order valence-electron chi connectivity index (χ0n) is 16.5. The molecule has 0 N–H and O–H groups in total. The molecular weight excluding hydrogens is 358 g/mol. The van der Waals surface area contributed by atoms with E-state index in [0.717, 1.165) is 17.0 Å². The van der Waals surface area contributed by atoms with Crippen LogP contribution in [0.15, 0.2) is 40.1 Å². The van der Waals surface area contributed by atoms with Crippen molar-refractivity contribution in [2.24, 2.45) is 7.05 Å². The molecule has 146 valence electrons. The molecule has 0 fully saturated rings. The van der Waals surface area contributed by atoms with Gasteiger partial charge in [-0.05, 0) is 31.0 Å². The van der Waals surface area contributed by atoms with E-state index in [4.69, 9.17) is 4.74 Å². The van der Waals surface area contributed by atoms with E-state index in [0.29, 0.717) is 36.5 Å². The Labute approximate surface area is 161 Å². The fraction of sp³-hybridized carbons (Fsp3) is 0.350. The van der Waals surface area contributed by atoms with Gasteiger partial charge in [0, 0.05) is 25.5 Å². The van der Waals surface area contributed by atoms with Crippen LogP contribution < -0.4 is 16.0 Å². The van der Waals surface area contributed by atoms with Crippen molar-refractivity contribution in [2.75, 3.05) is 7.11 Å². The predicted molar refractivity (Wildman–Crippen MR) is 107 cm³/mol. The summed E-state index contributed by atoms with van der Waals surface area (Å²) in [5, 5.41) is 0. The molecule has 0 saturated carbocycles. The molecule has 8 heteroatoms. The number of ether oxygens (including phenoxy) is 1. The van der Waals surface area contributed by atoms with Crippen molar-refractivity contribution in [3.05, 3.63) is 62.6 Å². The van der Waals surface area contributed by atoms with Crippen LogP contribution in [-0.4, -0.2) is 30.2 Å². The molecule has 0 atom stereocenters. The highest BCUT2D eigenvalue weighted by Crippen LogP contribution is 2.19. The van der Waals surface area contributed by atoms with Crippen LogP contribution in [0.1, 0.15) is 24.6 Å². The third-order valence-corrected chi connectivity index (χ3v) is 5.09. The summed E-state index contributed by atoms with van der Waals surface area (Å²) >= 11 is 0. The van der Waals surface area contributed by atoms with E-state index < -0.39 is 0 Å². The summed E-state index contributed by atoms with van der Waals surface area (Å²) < 4.78 is 11.8.